The number of halogens is 2. The fourth-order valence-electron chi connectivity index (χ4n) is 3.92. The monoisotopic (exact) mass is 498 g/mol. The molecule has 1 fully saturated rings. The molecule has 1 aromatic carbocycles. The van der Waals surface area contributed by atoms with Crippen LogP contribution in [0, 0.1) is 5.92 Å². The predicted octanol–water partition coefficient (Wildman–Crippen LogP) is 4.31. The van der Waals surface area contributed by atoms with E-state index in [-0.39, 0.29) is 35.3 Å². The zero-order chi connectivity index (χ0) is 25.8. The molecule has 3 rings (SSSR count). The Labute approximate surface area is 203 Å². The van der Waals surface area contributed by atoms with Crippen LogP contribution in [0.3, 0.4) is 0 Å². The van der Waals surface area contributed by atoms with Crippen molar-refractivity contribution in [3.05, 3.63) is 41.5 Å². The Morgan fingerprint density at radius 3 is 2.63 bits per heavy atom. The van der Waals surface area contributed by atoms with E-state index in [4.69, 9.17) is 23.7 Å². The van der Waals surface area contributed by atoms with Gasteiger partial charge in [0.15, 0.2) is 12.6 Å². The van der Waals surface area contributed by atoms with Crippen LogP contribution in [0.25, 0.3) is 6.08 Å². The normalized spacial score (nSPS) is 29.6. The van der Waals surface area contributed by atoms with Gasteiger partial charge in [0.25, 0.3) is 0 Å². The highest BCUT2D eigenvalue weighted by Gasteiger charge is 2.43. The summed E-state index contributed by atoms with van der Waals surface area (Å²) >= 11 is 0. The van der Waals surface area contributed by atoms with Crippen LogP contribution in [0.1, 0.15) is 50.0 Å². The molecule has 2 aliphatic heterocycles. The first kappa shape index (κ1) is 27.1. The lowest BCUT2D eigenvalue weighted by atomic mass is 9.99. The average molecular weight is 499 g/mol. The highest BCUT2D eigenvalue weighted by Crippen LogP contribution is 2.35. The van der Waals surface area contributed by atoms with Crippen molar-refractivity contribution in [2.75, 3.05) is 13.9 Å². The minimum absolute atomic E-state index is 0.0213. The third kappa shape index (κ3) is 7.00. The van der Waals surface area contributed by atoms with Crippen LogP contribution in [0.15, 0.2) is 30.4 Å². The molecule has 1 unspecified atom stereocenters. The standard InChI is InChI=1S/C25H32F2O8/c1-14-9-10-18(28)22-19(34-25(3,4)35-22)8-6-7-16-11-17(33-24(26)27)12-20(31-13-30-5)21(16)23(29)32-15(14)2/h6-7,9-12,14-15,18-19,22,24,28H,8,13H2,1-5H3/b7-6?,10-9-/t14-,15+,18?,19+,22-/m1/s1. The summed E-state index contributed by atoms with van der Waals surface area (Å²) in [7, 11) is 1.39. The third-order valence-electron chi connectivity index (χ3n) is 5.74. The summed E-state index contributed by atoms with van der Waals surface area (Å²) in [5, 5.41) is 10.7. The molecular formula is C25H32F2O8. The summed E-state index contributed by atoms with van der Waals surface area (Å²) in [6, 6.07) is 2.50. The van der Waals surface area contributed by atoms with Gasteiger partial charge in [-0.25, -0.2) is 4.79 Å². The molecule has 0 spiro atoms. The first-order chi connectivity index (χ1) is 16.5. The van der Waals surface area contributed by atoms with Crippen LogP contribution in [-0.4, -0.2) is 61.8 Å². The van der Waals surface area contributed by atoms with E-state index in [1.165, 1.54) is 19.2 Å². The van der Waals surface area contributed by atoms with Gasteiger partial charge < -0.3 is 33.5 Å². The maximum absolute atomic E-state index is 13.2. The molecule has 0 aliphatic carbocycles. The van der Waals surface area contributed by atoms with Gasteiger partial charge in [-0.05, 0) is 38.8 Å². The number of hydrogen-bond acceptors (Lipinski definition) is 8. The molecule has 2 aliphatic rings. The van der Waals surface area contributed by atoms with Crippen molar-refractivity contribution >= 4 is 12.0 Å². The molecule has 0 saturated carbocycles. The topological polar surface area (TPSA) is 92.7 Å². The predicted molar refractivity (Wildman–Crippen MR) is 122 cm³/mol. The van der Waals surface area contributed by atoms with Crippen LogP contribution < -0.4 is 9.47 Å². The maximum atomic E-state index is 13.2. The van der Waals surface area contributed by atoms with Gasteiger partial charge in [0.1, 0.15) is 35.4 Å². The Kier molecular flexibility index (Phi) is 8.87. The van der Waals surface area contributed by atoms with Crippen molar-refractivity contribution in [2.24, 2.45) is 5.92 Å². The van der Waals surface area contributed by atoms with E-state index in [1.807, 2.05) is 6.92 Å². The van der Waals surface area contributed by atoms with Gasteiger partial charge in [-0.15, -0.1) is 0 Å². The zero-order valence-corrected chi connectivity index (χ0v) is 20.4. The van der Waals surface area contributed by atoms with Gasteiger partial charge in [-0.1, -0.05) is 31.2 Å². The smallest absolute Gasteiger partial charge is 0.387 e. The minimum Gasteiger partial charge on any atom is -0.466 e. The van der Waals surface area contributed by atoms with Crippen molar-refractivity contribution in [3.8, 4) is 11.5 Å². The van der Waals surface area contributed by atoms with E-state index in [9.17, 15) is 18.7 Å². The summed E-state index contributed by atoms with van der Waals surface area (Å²) < 4.78 is 58.5. The molecule has 10 heteroatoms. The van der Waals surface area contributed by atoms with Crippen molar-refractivity contribution in [1.29, 1.82) is 0 Å². The molecule has 194 valence electrons. The van der Waals surface area contributed by atoms with E-state index in [1.54, 1.807) is 45.1 Å². The van der Waals surface area contributed by atoms with Crippen LogP contribution in [0.4, 0.5) is 8.78 Å². The second-order valence-electron chi connectivity index (χ2n) is 8.94. The summed E-state index contributed by atoms with van der Waals surface area (Å²) in [6.07, 6.45) is 4.30. The minimum atomic E-state index is -3.07. The number of fused-ring (bicyclic) bond motifs is 2. The number of carbonyl (C=O) groups is 1. The lowest BCUT2D eigenvalue weighted by Crippen LogP contribution is -2.34. The van der Waals surface area contributed by atoms with Crippen molar-refractivity contribution in [1.82, 2.24) is 0 Å². The van der Waals surface area contributed by atoms with Gasteiger partial charge >= 0.3 is 12.6 Å². The second-order valence-corrected chi connectivity index (χ2v) is 8.94. The Balaban J connectivity index is 2.08. The fraction of sp³-hybridized carbons (Fsp3) is 0.560. The van der Waals surface area contributed by atoms with Gasteiger partial charge in [0.05, 0.1) is 6.10 Å². The summed E-state index contributed by atoms with van der Waals surface area (Å²) in [6.45, 7) is 3.77. The largest absolute Gasteiger partial charge is 0.466 e. The van der Waals surface area contributed by atoms with E-state index in [0.717, 1.165) is 0 Å². The Hall–Kier alpha value is -2.53. The number of aliphatic hydroxyl groups is 1. The number of alkyl halides is 2. The quantitative estimate of drug-likeness (QED) is 0.365. The molecule has 35 heavy (non-hydrogen) atoms. The van der Waals surface area contributed by atoms with E-state index >= 15 is 0 Å². The van der Waals surface area contributed by atoms with Gasteiger partial charge in [-0.3, -0.25) is 0 Å². The first-order valence-electron chi connectivity index (χ1n) is 11.3. The highest BCUT2D eigenvalue weighted by atomic mass is 19.3. The maximum Gasteiger partial charge on any atom is 0.387 e. The number of benzene rings is 1. The number of cyclic esters (lactones) is 1. The van der Waals surface area contributed by atoms with E-state index in [2.05, 4.69) is 4.74 Å². The summed E-state index contributed by atoms with van der Waals surface area (Å²) in [4.78, 5) is 13.2. The SMILES string of the molecule is COCOc1cc(OC(F)F)cc2c1C(=O)O[C@@H](C)[C@H](C)/C=C\C(O)[C@H]1OC(C)(C)O[C@H]1CC=C2. The van der Waals surface area contributed by atoms with Gasteiger partial charge in [0.2, 0.25) is 0 Å². The number of ether oxygens (including phenoxy) is 6. The second kappa shape index (κ2) is 11.5. The molecule has 0 radical (unpaired) electrons. The van der Waals surface area contributed by atoms with E-state index in [0.29, 0.717) is 6.42 Å². The Morgan fingerprint density at radius 1 is 1.20 bits per heavy atom. The zero-order valence-electron chi connectivity index (χ0n) is 20.4. The number of methoxy groups -OCH3 is 1. The van der Waals surface area contributed by atoms with Gasteiger partial charge in [-0.2, -0.15) is 8.78 Å². The van der Waals surface area contributed by atoms with Crippen molar-refractivity contribution < 1.29 is 47.1 Å². The summed E-state index contributed by atoms with van der Waals surface area (Å²) in [5.74, 6) is -2.07. The van der Waals surface area contributed by atoms with E-state index < -0.39 is 42.8 Å². The lowest BCUT2D eigenvalue weighted by Gasteiger charge is -2.23. The third-order valence-corrected chi connectivity index (χ3v) is 5.74. The molecule has 0 aromatic heterocycles. The highest BCUT2D eigenvalue weighted by molar-refractivity contribution is 5.97. The number of rotatable bonds is 5. The molecule has 1 saturated heterocycles. The Morgan fingerprint density at radius 2 is 1.94 bits per heavy atom. The van der Waals surface area contributed by atoms with Gasteiger partial charge in [0, 0.05) is 19.1 Å². The molecular weight excluding hydrogens is 466 g/mol. The van der Waals surface area contributed by atoms with Crippen LogP contribution in [0.2, 0.25) is 0 Å². The number of carbonyl (C=O) groups excluding carboxylic acids is 1. The molecule has 0 bridgehead atoms. The molecule has 5 atom stereocenters. The molecule has 8 nitrogen and oxygen atoms in total. The number of esters is 1. The molecule has 1 N–H and O–H groups in total. The van der Waals surface area contributed by atoms with Crippen LogP contribution in [0.5, 0.6) is 11.5 Å². The molecule has 1 aromatic rings. The Bertz CT molecular complexity index is 946. The molecule has 0 amide bonds. The fourth-order valence-corrected chi connectivity index (χ4v) is 3.92. The summed E-state index contributed by atoms with van der Waals surface area (Å²) in [5.41, 5.74) is 0.294. The molecule has 2 heterocycles. The first-order valence-corrected chi connectivity index (χ1v) is 11.3. The van der Waals surface area contributed by atoms with Crippen molar-refractivity contribution in [3.63, 3.8) is 0 Å². The number of aliphatic hydroxyl groups excluding tert-OH is 1. The van der Waals surface area contributed by atoms with Crippen LogP contribution >= 0.6 is 0 Å². The van der Waals surface area contributed by atoms with Crippen molar-refractivity contribution in [2.45, 2.75) is 70.9 Å². The number of hydrogen-bond donors (Lipinski definition) is 1. The average Bonchev–Trinajstić information content (AvgIpc) is 3.08. The lowest BCUT2D eigenvalue weighted by molar-refractivity contribution is -0.152. The van der Waals surface area contributed by atoms with Crippen LogP contribution in [-0.2, 0) is 18.9 Å².